The summed E-state index contributed by atoms with van der Waals surface area (Å²) < 4.78 is 12.8. The maximum atomic E-state index is 12.8. The molecule has 0 amide bonds. The summed E-state index contributed by atoms with van der Waals surface area (Å²) in [5, 5.41) is 11.9. The van der Waals surface area contributed by atoms with Gasteiger partial charge in [-0.05, 0) is 24.1 Å². The third-order valence-electron chi connectivity index (χ3n) is 2.47. The first-order valence-electron chi connectivity index (χ1n) is 4.45. The van der Waals surface area contributed by atoms with Gasteiger partial charge in [0.1, 0.15) is 5.82 Å². The second kappa shape index (κ2) is 3.34. The van der Waals surface area contributed by atoms with Crippen molar-refractivity contribution in [3.63, 3.8) is 0 Å². The van der Waals surface area contributed by atoms with Gasteiger partial charge >= 0.3 is 0 Å². The Balaban J connectivity index is 2.27. The normalized spacial score (nSPS) is 19.7. The van der Waals surface area contributed by atoms with E-state index in [4.69, 9.17) is 5.11 Å². The number of hydrogen-bond donors (Lipinski definition) is 2. The minimum atomic E-state index is -0.212. The number of nitrogens with one attached hydrogen (secondary N) is 1. The Hall–Kier alpha value is -1.09. The number of halogens is 1. The summed E-state index contributed by atoms with van der Waals surface area (Å²) >= 11 is 0. The fraction of sp³-hybridized carbons (Fsp3) is 0.400. The lowest BCUT2D eigenvalue weighted by Crippen LogP contribution is -2.03. The van der Waals surface area contributed by atoms with Crippen molar-refractivity contribution in [1.82, 2.24) is 0 Å². The molecule has 2 nitrogen and oxygen atoms in total. The predicted molar refractivity (Wildman–Crippen MR) is 49.3 cm³/mol. The third-order valence-corrected chi connectivity index (χ3v) is 2.47. The molecule has 1 aliphatic heterocycles. The highest BCUT2D eigenvalue weighted by Gasteiger charge is 2.21. The molecule has 0 bridgehead atoms. The highest BCUT2D eigenvalue weighted by Crippen LogP contribution is 2.33. The van der Waals surface area contributed by atoms with Gasteiger partial charge in [-0.2, -0.15) is 0 Å². The Kier molecular flexibility index (Phi) is 2.19. The van der Waals surface area contributed by atoms with Gasteiger partial charge in [0.05, 0.1) is 0 Å². The molecule has 0 saturated heterocycles. The standard InChI is InChI=1S/C10H12FNO/c11-8-1-2-9-7(3-4-13)6-12-10(9)5-8/h1-2,5,7,12-13H,3-4,6H2. The van der Waals surface area contributed by atoms with Crippen LogP contribution in [0, 0.1) is 5.82 Å². The van der Waals surface area contributed by atoms with E-state index < -0.39 is 0 Å². The van der Waals surface area contributed by atoms with Crippen LogP contribution in [0.4, 0.5) is 10.1 Å². The van der Waals surface area contributed by atoms with Crippen molar-refractivity contribution in [2.45, 2.75) is 12.3 Å². The summed E-state index contributed by atoms with van der Waals surface area (Å²) in [4.78, 5) is 0. The highest BCUT2D eigenvalue weighted by molar-refractivity contribution is 5.57. The number of anilines is 1. The fourth-order valence-corrected chi connectivity index (χ4v) is 1.79. The van der Waals surface area contributed by atoms with E-state index in [2.05, 4.69) is 5.32 Å². The first-order valence-corrected chi connectivity index (χ1v) is 4.45. The lowest BCUT2D eigenvalue weighted by molar-refractivity contribution is 0.278. The van der Waals surface area contributed by atoms with Crippen LogP contribution in [0.15, 0.2) is 18.2 Å². The van der Waals surface area contributed by atoms with Gasteiger partial charge in [0.15, 0.2) is 0 Å². The maximum Gasteiger partial charge on any atom is 0.125 e. The van der Waals surface area contributed by atoms with E-state index in [1.165, 1.54) is 12.1 Å². The molecule has 0 radical (unpaired) electrons. The van der Waals surface area contributed by atoms with Crippen LogP contribution in [0.25, 0.3) is 0 Å². The predicted octanol–water partition coefficient (Wildman–Crippen LogP) is 1.72. The zero-order chi connectivity index (χ0) is 9.26. The average molecular weight is 181 g/mol. The Morgan fingerprint density at radius 1 is 1.54 bits per heavy atom. The van der Waals surface area contributed by atoms with Gasteiger partial charge in [-0.25, -0.2) is 4.39 Å². The van der Waals surface area contributed by atoms with Crippen LogP contribution >= 0.6 is 0 Å². The number of hydrogen-bond acceptors (Lipinski definition) is 2. The number of benzene rings is 1. The van der Waals surface area contributed by atoms with Gasteiger partial charge in [-0.1, -0.05) is 6.07 Å². The molecule has 13 heavy (non-hydrogen) atoms. The number of fused-ring (bicyclic) bond motifs is 1. The summed E-state index contributed by atoms with van der Waals surface area (Å²) in [7, 11) is 0. The van der Waals surface area contributed by atoms with Crippen LogP contribution in [0.5, 0.6) is 0 Å². The van der Waals surface area contributed by atoms with Crippen molar-refractivity contribution < 1.29 is 9.50 Å². The summed E-state index contributed by atoms with van der Waals surface area (Å²) in [6.45, 7) is 0.989. The second-order valence-electron chi connectivity index (χ2n) is 3.32. The van der Waals surface area contributed by atoms with E-state index in [1.54, 1.807) is 6.07 Å². The van der Waals surface area contributed by atoms with Gasteiger partial charge < -0.3 is 10.4 Å². The molecular formula is C10H12FNO. The molecule has 1 aromatic rings. The van der Waals surface area contributed by atoms with Gasteiger partial charge in [0.2, 0.25) is 0 Å². The lowest BCUT2D eigenvalue weighted by atomic mass is 9.98. The molecule has 0 aliphatic carbocycles. The minimum Gasteiger partial charge on any atom is -0.396 e. The molecule has 0 saturated carbocycles. The van der Waals surface area contributed by atoms with E-state index >= 15 is 0 Å². The quantitative estimate of drug-likeness (QED) is 0.728. The average Bonchev–Trinajstić information content (AvgIpc) is 2.49. The van der Waals surface area contributed by atoms with Crippen molar-refractivity contribution in [2.75, 3.05) is 18.5 Å². The van der Waals surface area contributed by atoms with Crippen molar-refractivity contribution in [1.29, 1.82) is 0 Å². The molecule has 3 heteroatoms. The second-order valence-corrected chi connectivity index (χ2v) is 3.32. The lowest BCUT2D eigenvalue weighted by Gasteiger charge is -2.06. The fourth-order valence-electron chi connectivity index (χ4n) is 1.79. The van der Waals surface area contributed by atoms with E-state index in [1.807, 2.05) is 0 Å². The largest absolute Gasteiger partial charge is 0.396 e. The molecule has 1 aromatic carbocycles. The maximum absolute atomic E-state index is 12.8. The summed E-state index contributed by atoms with van der Waals surface area (Å²) in [6, 6.07) is 4.77. The van der Waals surface area contributed by atoms with Crippen molar-refractivity contribution >= 4 is 5.69 Å². The Bertz CT molecular complexity index is 314. The minimum absolute atomic E-state index is 0.184. The smallest absolute Gasteiger partial charge is 0.125 e. The number of aliphatic hydroxyl groups excluding tert-OH is 1. The van der Waals surface area contributed by atoms with E-state index in [9.17, 15) is 4.39 Å². The first kappa shape index (κ1) is 8.51. The van der Waals surface area contributed by atoms with Gasteiger partial charge in [-0.15, -0.1) is 0 Å². The molecule has 70 valence electrons. The van der Waals surface area contributed by atoms with Crippen LogP contribution in [0.3, 0.4) is 0 Å². The molecule has 1 atom stereocenters. The molecule has 0 fully saturated rings. The third kappa shape index (κ3) is 1.52. The number of aliphatic hydroxyl groups is 1. The Morgan fingerprint density at radius 3 is 3.15 bits per heavy atom. The zero-order valence-corrected chi connectivity index (χ0v) is 7.26. The van der Waals surface area contributed by atoms with Crippen LogP contribution in [-0.4, -0.2) is 18.3 Å². The van der Waals surface area contributed by atoms with Crippen LogP contribution in [0.2, 0.25) is 0 Å². The Labute approximate surface area is 76.4 Å². The van der Waals surface area contributed by atoms with Crippen LogP contribution in [0.1, 0.15) is 17.9 Å². The molecular weight excluding hydrogens is 169 g/mol. The van der Waals surface area contributed by atoms with E-state index in [0.717, 1.165) is 24.2 Å². The summed E-state index contributed by atoms with van der Waals surface area (Å²) in [6.07, 6.45) is 0.742. The van der Waals surface area contributed by atoms with Gasteiger partial charge in [0, 0.05) is 24.8 Å². The van der Waals surface area contributed by atoms with Crippen LogP contribution < -0.4 is 5.32 Å². The summed E-state index contributed by atoms with van der Waals surface area (Å²) in [5.41, 5.74) is 1.99. The molecule has 0 spiro atoms. The number of rotatable bonds is 2. The molecule has 1 heterocycles. The van der Waals surface area contributed by atoms with E-state index in [-0.39, 0.29) is 12.4 Å². The SMILES string of the molecule is OCCC1CNc2cc(F)ccc21. The zero-order valence-electron chi connectivity index (χ0n) is 7.26. The molecule has 0 aromatic heterocycles. The molecule has 1 aliphatic rings. The highest BCUT2D eigenvalue weighted by atomic mass is 19.1. The van der Waals surface area contributed by atoms with Crippen LogP contribution in [-0.2, 0) is 0 Å². The van der Waals surface area contributed by atoms with Crippen molar-refractivity contribution in [3.05, 3.63) is 29.6 Å². The van der Waals surface area contributed by atoms with Gasteiger partial charge in [-0.3, -0.25) is 0 Å². The molecule has 2 rings (SSSR count). The summed E-state index contributed by atoms with van der Waals surface area (Å²) in [5.74, 6) is 0.122. The first-order chi connectivity index (χ1) is 6.31. The molecule has 1 unspecified atom stereocenters. The van der Waals surface area contributed by atoms with Gasteiger partial charge in [0.25, 0.3) is 0 Å². The molecule has 2 N–H and O–H groups in total. The Morgan fingerprint density at radius 2 is 2.38 bits per heavy atom. The van der Waals surface area contributed by atoms with Crippen molar-refractivity contribution in [3.8, 4) is 0 Å². The van der Waals surface area contributed by atoms with E-state index in [0.29, 0.717) is 5.92 Å². The topological polar surface area (TPSA) is 32.3 Å². The monoisotopic (exact) mass is 181 g/mol. The van der Waals surface area contributed by atoms with Crippen molar-refractivity contribution in [2.24, 2.45) is 0 Å².